The Kier molecular flexibility index (Phi) is 9.53. The van der Waals surface area contributed by atoms with E-state index in [0.29, 0.717) is 40.9 Å². The summed E-state index contributed by atoms with van der Waals surface area (Å²) >= 11 is 0. The third-order valence-corrected chi connectivity index (χ3v) is 11.5. The zero-order valence-electron chi connectivity index (χ0n) is 30.4. The number of aromatic nitrogens is 5. The summed E-state index contributed by atoms with van der Waals surface area (Å²) in [5.74, 6) is -5.51. The molecular weight excluding hydrogens is 739 g/mol. The second-order valence-corrected chi connectivity index (χ2v) is 15.2. The van der Waals surface area contributed by atoms with E-state index >= 15 is 8.78 Å². The van der Waals surface area contributed by atoms with Crippen LogP contribution < -0.4 is 16.3 Å². The molecule has 5 aromatic rings. The highest BCUT2D eigenvalue weighted by molar-refractivity contribution is 6.04. The number of carbonyl (C=O) groups excluding carboxylic acids is 3. The van der Waals surface area contributed by atoms with Crippen LogP contribution in [0.4, 0.5) is 27.6 Å². The summed E-state index contributed by atoms with van der Waals surface area (Å²) in [7, 11) is 1.55. The maximum atomic E-state index is 15.9. The van der Waals surface area contributed by atoms with Crippen LogP contribution in [0.25, 0.3) is 21.9 Å². The largest absolute Gasteiger partial charge is 0.433 e. The molecule has 2 atom stereocenters. The minimum Gasteiger partial charge on any atom is -0.321 e. The molecule has 2 N–H and O–H groups in total. The number of imidazole rings is 1. The number of piperidine rings is 2. The van der Waals surface area contributed by atoms with Crippen molar-refractivity contribution in [2.24, 2.45) is 13.0 Å². The van der Waals surface area contributed by atoms with Crippen LogP contribution in [-0.2, 0) is 22.8 Å². The maximum Gasteiger partial charge on any atom is 0.433 e. The van der Waals surface area contributed by atoms with Gasteiger partial charge >= 0.3 is 11.9 Å². The average molecular weight is 779 g/mol. The number of aryl methyl sites for hydroxylation is 1. The van der Waals surface area contributed by atoms with Crippen molar-refractivity contribution in [2.75, 3.05) is 25.0 Å². The predicted molar refractivity (Wildman–Crippen MR) is 195 cm³/mol. The Hall–Kier alpha value is -5.45. The summed E-state index contributed by atoms with van der Waals surface area (Å²) in [6, 6.07) is 12.3. The third-order valence-electron chi connectivity index (χ3n) is 11.5. The second-order valence-electron chi connectivity index (χ2n) is 15.2. The zero-order valence-corrected chi connectivity index (χ0v) is 30.4. The Labute approximate surface area is 316 Å². The molecule has 2 saturated heterocycles. The molecule has 12 nitrogen and oxygen atoms in total. The van der Waals surface area contributed by atoms with Gasteiger partial charge in [0.25, 0.3) is 11.8 Å². The van der Waals surface area contributed by atoms with E-state index in [4.69, 9.17) is 5.10 Å². The normalized spacial score (nSPS) is 23.4. The molecule has 1 saturated carbocycles. The zero-order chi connectivity index (χ0) is 39.5. The van der Waals surface area contributed by atoms with Crippen molar-refractivity contribution in [3.8, 4) is 0 Å². The monoisotopic (exact) mass is 778 g/mol. The number of alkyl halides is 5. The van der Waals surface area contributed by atoms with E-state index in [2.05, 4.69) is 15.6 Å². The molecule has 2 unspecified atom stereocenters. The molecule has 2 aliphatic heterocycles. The Bertz CT molecular complexity index is 2410. The molecule has 3 aliphatic rings. The summed E-state index contributed by atoms with van der Waals surface area (Å²) in [4.78, 5) is 55.4. The van der Waals surface area contributed by atoms with Crippen LogP contribution in [0.5, 0.6) is 0 Å². The van der Waals surface area contributed by atoms with Crippen molar-refractivity contribution in [1.82, 2.24) is 34.1 Å². The smallest absolute Gasteiger partial charge is 0.321 e. The molecule has 17 heteroatoms. The lowest BCUT2D eigenvalue weighted by Crippen LogP contribution is -2.49. The molecule has 2 aromatic carbocycles. The van der Waals surface area contributed by atoms with Gasteiger partial charge in [-0.25, -0.2) is 18.6 Å². The van der Waals surface area contributed by atoms with Gasteiger partial charge < -0.3 is 5.32 Å². The number of anilines is 1. The molecule has 0 bridgehead atoms. The molecule has 1 aliphatic carbocycles. The van der Waals surface area contributed by atoms with Gasteiger partial charge in [0.15, 0.2) is 0 Å². The topological polar surface area (TPSA) is 136 Å². The quantitative estimate of drug-likeness (QED) is 0.149. The molecule has 0 radical (unpaired) electrons. The Morgan fingerprint density at radius 3 is 2.48 bits per heavy atom. The van der Waals surface area contributed by atoms with E-state index in [-0.39, 0.29) is 43.5 Å². The maximum absolute atomic E-state index is 15.9. The van der Waals surface area contributed by atoms with Crippen molar-refractivity contribution in [3.63, 3.8) is 0 Å². The average Bonchev–Trinajstić information content (AvgIpc) is 3.69. The molecule has 3 fully saturated rings. The third kappa shape index (κ3) is 7.19. The number of nitrogens with zero attached hydrogens (tertiary/aromatic N) is 6. The SMILES string of the molecule is Cn1c(=O)n(C2CCC(=O)NC2=O)c2ccc(C3CCN(C[C@H]4CC[C@H](n5cc6cc(NC(=O)c7cccc(C(F)(F)F)n7)ccc6n5)CC4)CC3(F)F)cc21. The molecule has 8 rings (SSSR count). The van der Waals surface area contributed by atoms with Gasteiger partial charge in [-0.05, 0) is 99.0 Å². The molecule has 56 heavy (non-hydrogen) atoms. The number of pyridine rings is 1. The summed E-state index contributed by atoms with van der Waals surface area (Å²) in [6.45, 7) is 0.684. The first-order valence-electron chi connectivity index (χ1n) is 18.6. The van der Waals surface area contributed by atoms with Gasteiger partial charge in [0.2, 0.25) is 11.8 Å². The Morgan fingerprint density at radius 2 is 1.75 bits per heavy atom. The van der Waals surface area contributed by atoms with Crippen LogP contribution in [0.15, 0.2) is 65.6 Å². The lowest BCUT2D eigenvalue weighted by molar-refractivity contribution is -0.141. The highest BCUT2D eigenvalue weighted by atomic mass is 19.4. The van der Waals surface area contributed by atoms with Crippen LogP contribution in [0.1, 0.15) is 84.7 Å². The fourth-order valence-corrected chi connectivity index (χ4v) is 8.58. The molecular formula is C39H39F5N8O4. The number of amides is 3. The number of halogens is 5. The van der Waals surface area contributed by atoms with Crippen LogP contribution in [0.3, 0.4) is 0 Å². The van der Waals surface area contributed by atoms with Crippen molar-refractivity contribution in [1.29, 1.82) is 0 Å². The van der Waals surface area contributed by atoms with Gasteiger partial charge in [-0.3, -0.25) is 38.4 Å². The van der Waals surface area contributed by atoms with E-state index in [1.165, 1.54) is 15.2 Å². The van der Waals surface area contributed by atoms with Gasteiger partial charge in [0.1, 0.15) is 17.4 Å². The van der Waals surface area contributed by atoms with Crippen molar-refractivity contribution < 1.29 is 36.3 Å². The van der Waals surface area contributed by atoms with Gasteiger partial charge in [-0.15, -0.1) is 0 Å². The van der Waals surface area contributed by atoms with Crippen molar-refractivity contribution in [2.45, 2.75) is 75.0 Å². The number of carbonyl (C=O) groups is 3. The van der Waals surface area contributed by atoms with Crippen LogP contribution >= 0.6 is 0 Å². The minimum atomic E-state index is -4.67. The van der Waals surface area contributed by atoms with Crippen molar-refractivity contribution in [3.05, 3.63) is 88.2 Å². The predicted octanol–water partition coefficient (Wildman–Crippen LogP) is 6.19. The van der Waals surface area contributed by atoms with E-state index in [1.807, 2.05) is 15.8 Å². The fraction of sp³-hybridized carbons (Fsp3) is 0.436. The Balaban J connectivity index is 0.870. The summed E-state index contributed by atoms with van der Waals surface area (Å²) in [6.07, 6.45) is 1.05. The summed E-state index contributed by atoms with van der Waals surface area (Å²) in [5.41, 5.74) is 0.482. The van der Waals surface area contributed by atoms with Gasteiger partial charge in [0, 0.05) is 37.3 Å². The summed E-state index contributed by atoms with van der Waals surface area (Å²) < 4.78 is 75.5. The van der Waals surface area contributed by atoms with Gasteiger partial charge in [0.05, 0.1) is 35.1 Å². The highest BCUT2D eigenvalue weighted by Gasteiger charge is 2.46. The standard InChI is InChI=1S/C39H39F5N8O4/c1-49-32-18-23(7-12-30(32)52(37(49)56)31-13-14-34(53)47-36(31)55)27-15-16-50(21-38(27,40)41)19-22-5-9-26(10-6-22)51-20-24-17-25(8-11-28(24)48-51)45-35(54)29-3-2-4-33(46-29)39(42,43)44/h2-4,7-8,11-12,17-18,20,22,26-27,31H,5-6,9-10,13-16,19,21H2,1H3,(H,45,54)(H,47,53,55)/t22-,26-,27?,31?. The minimum absolute atomic E-state index is 0.105. The first-order chi connectivity index (χ1) is 26.6. The number of nitrogens with one attached hydrogen (secondary N) is 2. The highest BCUT2D eigenvalue weighted by Crippen LogP contribution is 2.42. The van der Waals surface area contributed by atoms with Gasteiger partial charge in [-0.1, -0.05) is 12.1 Å². The number of imide groups is 1. The number of hydrogen-bond acceptors (Lipinski definition) is 7. The first-order valence-corrected chi connectivity index (χ1v) is 18.6. The summed E-state index contributed by atoms with van der Waals surface area (Å²) in [5, 5.41) is 10.4. The number of fused-ring (bicyclic) bond motifs is 2. The lowest BCUT2D eigenvalue weighted by atomic mass is 9.83. The number of rotatable bonds is 7. The molecule has 3 amide bonds. The van der Waals surface area contributed by atoms with Crippen LogP contribution in [-0.4, -0.2) is 72.1 Å². The molecule has 294 valence electrons. The van der Waals surface area contributed by atoms with Crippen LogP contribution in [0, 0.1) is 5.92 Å². The second kappa shape index (κ2) is 14.2. The number of benzene rings is 2. The van der Waals surface area contributed by atoms with E-state index < -0.39 is 53.2 Å². The number of hydrogen-bond donors (Lipinski definition) is 2. The van der Waals surface area contributed by atoms with Gasteiger partial charge in [-0.2, -0.15) is 18.3 Å². The molecule has 3 aromatic heterocycles. The van der Waals surface area contributed by atoms with Crippen LogP contribution in [0.2, 0.25) is 0 Å². The molecule has 0 spiro atoms. The van der Waals surface area contributed by atoms with E-state index in [1.54, 1.807) is 43.4 Å². The lowest BCUT2D eigenvalue weighted by Gasteiger charge is -2.41. The first kappa shape index (κ1) is 37.5. The van der Waals surface area contributed by atoms with E-state index in [9.17, 15) is 32.3 Å². The van der Waals surface area contributed by atoms with E-state index in [0.717, 1.165) is 43.2 Å². The fourth-order valence-electron chi connectivity index (χ4n) is 8.58. The molecule has 5 heterocycles. The number of likely N-dealkylation sites (tertiary alicyclic amines) is 1. The van der Waals surface area contributed by atoms with Crippen molar-refractivity contribution >= 4 is 45.3 Å². The Morgan fingerprint density at radius 1 is 0.964 bits per heavy atom.